The minimum atomic E-state index is -0.605. The number of hydrogen-bond acceptors (Lipinski definition) is 5. The Morgan fingerprint density at radius 1 is 1.16 bits per heavy atom. The molecule has 1 aromatic rings. The number of carbonyl (C=O) groups is 3. The summed E-state index contributed by atoms with van der Waals surface area (Å²) in [7, 11) is 0. The van der Waals surface area contributed by atoms with Crippen molar-refractivity contribution in [3.05, 3.63) is 11.1 Å². The summed E-state index contributed by atoms with van der Waals surface area (Å²) in [4.78, 5) is 38.4. The smallest absolute Gasteiger partial charge is 0.268 e. The summed E-state index contributed by atoms with van der Waals surface area (Å²) < 4.78 is 0. The van der Waals surface area contributed by atoms with Gasteiger partial charge in [0.05, 0.1) is 0 Å². The predicted octanol–water partition coefficient (Wildman–Crippen LogP) is 2.44. The van der Waals surface area contributed by atoms with Crippen LogP contribution in [0.25, 0.3) is 0 Å². The number of unbranched alkanes of at least 4 members (excludes halogenated alkanes) is 2. The molecule has 0 radical (unpaired) electrons. The van der Waals surface area contributed by atoms with E-state index in [2.05, 4.69) is 15.6 Å². The third kappa shape index (κ3) is 7.21. The first kappa shape index (κ1) is 19.4. The topological polar surface area (TPSA) is 114 Å². The zero-order valence-corrected chi connectivity index (χ0v) is 15.2. The highest BCUT2D eigenvalue weighted by Crippen LogP contribution is 2.27. The maximum Gasteiger partial charge on any atom is 0.268 e. The molecule has 0 aromatic carbocycles. The largest absolute Gasteiger partial charge is 0.364 e. The van der Waals surface area contributed by atoms with Crippen LogP contribution in [0, 0.1) is 5.92 Å². The molecule has 138 valence electrons. The Bertz CT molecular complexity index is 596. The molecule has 7 nitrogen and oxygen atoms in total. The van der Waals surface area contributed by atoms with Crippen molar-refractivity contribution in [2.45, 2.75) is 57.8 Å². The molecule has 0 atom stereocenters. The Morgan fingerprint density at radius 2 is 1.92 bits per heavy atom. The molecule has 1 heterocycles. The van der Waals surface area contributed by atoms with Crippen molar-refractivity contribution in [3.8, 4) is 0 Å². The fourth-order valence-corrected chi connectivity index (χ4v) is 3.71. The van der Waals surface area contributed by atoms with E-state index in [1.165, 1.54) is 42.4 Å². The highest BCUT2D eigenvalue weighted by Gasteiger charge is 2.17. The zero-order chi connectivity index (χ0) is 18.1. The molecule has 2 rings (SSSR count). The Morgan fingerprint density at radius 3 is 2.60 bits per heavy atom. The first-order chi connectivity index (χ1) is 12.0. The molecule has 3 amide bonds. The van der Waals surface area contributed by atoms with Crippen LogP contribution in [0.4, 0.5) is 5.13 Å². The van der Waals surface area contributed by atoms with Crippen molar-refractivity contribution in [2.24, 2.45) is 11.7 Å². The zero-order valence-electron chi connectivity index (χ0n) is 14.4. The number of rotatable bonds is 10. The van der Waals surface area contributed by atoms with E-state index in [4.69, 9.17) is 5.73 Å². The number of amides is 3. The first-order valence-corrected chi connectivity index (χ1v) is 9.74. The van der Waals surface area contributed by atoms with Crippen molar-refractivity contribution >= 4 is 34.2 Å². The SMILES string of the molecule is NC(=O)c1csc(NC(=O)CCCCCNC(=O)CC2CCCC2)n1. The fraction of sp³-hybridized carbons (Fsp3) is 0.647. The van der Waals surface area contributed by atoms with Crippen LogP contribution in [-0.2, 0) is 9.59 Å². The van der Waals surface area contributed by atoms with Crippen LogP contribution in [-0.4, -0.2) is 29.3 Å². The number of nitrogens with two attached hydrogens (primary N) is 1. The van der Waals surface area contributed by atoms with Crippen LogP contribution in [0.5, 0.6) is 0 Å². The van der Waals surface area contributed by atoms with Gasteiger partial charge in [0.1, 0.15) is 5.69 Å². The molecule has 0 saturated heterocycles. The van der Waals surface area contributed by atoms with Crippen molar-refractivity contribution in [2.75, 3.05) is 11.9 Å². The Balaban J connectivity index is 1.49. The second kappa shape index (κ2) is 10.1. The molecular formula is C17H26N4O3S. The summed E-state index contributed by atoms with van der Waals surface area (Å²) in [5, 5.41) is 7.52. The van der Waals surface area contributed by atoms with Crippen LogP contribution in [0.2, 0.25) is 0 Å². The van der Waals surface area contributed by atoms with Gasteiger partial charge in [-0.1, -0.05) is 19.3 Å². The van der Waals surface area contributed by atoms with Crippen LogP contribution in [0.1, 0.15) is 68.3 Å². The number of carbonyl (C=O) groups excluding carboxylic acids is 3. The molecule has 0 bridgehead atoms. The number of aromatic nitrogens is 1. The van der Waals surface area contributed by atoms with E-state index >= 15 is 0 Å². The molecule has 0 unspecified atom stereocenters. The van der Waals surface area contributed by atoms with E-state index in [9.17, 15) is 14.4 Å². The van der Waals surface area contributed by atoms with E-state index in [1.54, 1.807) is 0 Å². The molecule has 25 heavy (non-hydrogen) atoms. The number of anilines is 1. The molecule has 1 aromatic heterocycles. The quantitative estimate of drug-likeness (QED) is 0.552. The van der Waals surface area contributed by atoms with E-state index < -0.39 is 5.91 Å². The lowest BCUT2D eigenvalue weighted by atomic mass is 10.0. The van der Waals surface area contributed by atoms with Gasteiger partial charge in [-0.3, -0.25) is 14.4 Å². The van der Waals surface area contributed by atoms with Crippen molar-refractivity contribution < 1.29 is 14.4 Å². The van der Waals surface area contributed by atoms with Crippen molar-refractivity contribution in [3.63, 3.8) is 0 Å². The first-order valence-electron chi connectivity index (χ1n) is 8.86. The van der Waals surface area contributed by atoms with Gasteiger partial charge in [-0.15, -0.1) is 11.3 Å². The molecule has 1 aliphatic rings. The summed E-state index contributed by atoms with van der Waals surface area (Å²) in [5.74, 6) is -0.00864. The number of hydrogen-bond donors (Lipinski definition) is 3. The lowest BCUT2D eigenvalue weighted by Crippen LogP contribution is -2.26. The molecule has 1 saturated carbocycles. The van der Waals surface area contributed by atoms with Gasteiger partial charge in [0.25, 0.3) is 5.91 Å². The minimum absolute atomic E-state index is 0.129. The highest BCUT2D eigenvalue weighted by molar-refractivity contribution is 7.14. The summed E-state index contributed by atoms with van der Waals surface area (Å²) in [5.41, 5.74) is 5.27. The fourth-order valence-electron chi connectivity index (χ4n) is 2.99. The Hall–Kier alpha value is -1.96. The van der Waals surface area contributed by atoms with Gasteiger partial charge in [0.2, 0.25) is 11.8 Å². The van der Waals surface area contributed by atoms with Crippen molar-refractivity contribution in [1.82, 2.24) is 10.3 Å². The van der Waals surface area contributed by atoms with Crippen molar-refractivity contribution in [1.29, 1.82) is 0 Å². The minimum Gasteiger partial charge on any atom is -0.364 e. The Kier molecular flexibility index (Phi) is 7.84. The summed E-state index contributed by atoms with van der Waals surface area (Å²) in [6.45, 7) is 0.668. The third-order valence-electron chi connectivity index (χ3n) is 4.35. The van der Waals surface area contributed by atoms with E-state index in [1.807, 2.05) is 0 Å². The third-order valence-corrected chi connectivity index (χ3v) is 5.11. The standard InChI is InChI=1S/C17H26N4O3S/c18-16(24)13-11-25-17(20-13)21-14(22)8-2-1-5-9-19-15(23)10-12-6-3-4-7-12/h11-12H,1-10H2,(H2,18,24)(H,19,23)(H,20,21,22). The second-order valence-corrected chi connectivity index (χ2v) is 7.32. The maximum absolute atomic E-state index is 11.8. The summed E-state index contributed by atoms with van der Waals surface area (Å²) in [6, 6.07) is 0. The van der Waals surface area contributed by atoms with Gasteiger partial charge >= 0.3 is 0 Å². The molecule has 8 heteroatoms. The van der Waals surface area contributed by atoms with E-state index in [0.717, 1.165) is 19.3 Å². The molecule has 0 spiro atoms. The lowest BCUT2D eigenvalue weighted by molar-refractivity contribution is -0.122. The molecule has 1 fully saturated rings. The normalized spacial score (nSPS) is 14.4. The molecule has 0 aliphatic heterocycles. The van der Waals surface area contributed by atoms with Crippen LogP contribution in [0.3, 0.4) is 0 Å². The summed E-state index contributed by atoms with van der Waals surface area (Å²) >= 11 is 1.18. The number of nitrogens with zero attached hydrogens (tertiary/aromatic N) is 1. The van der Waals surface area contributed by atoms with E-state index in [0.29, 0.717) is 30.4 Å². The predicted molar refractivity (Wildman–Crippen MR) is 97.3 cm³/mol. The summed E-state index contributed by atoms with van der Waals surface area (Å²) in [6.07, 6.45) is 8.42. The van der Waals surface area contributed by atoms with E-state index in [-0.39, 0.29) is 17.5 Å². The lowest BCUT2D eigenvalue weighted by Gasteiger charge is -2.09. The van der Waals surface area contributed by atoms with Gasteiger partial charge in [-0.25, -0.2) is 4.98 Å². The number of primary amides is 1. The second-order valence-electron chi connectivity index (χ2n) is 6.47. The molecule has 1 aliphatic carbocycles. The van der Waals surface area contributed by atoms with Gasteiger partial charge in [0.15, 0.2) is 5.13 Å². The van der Waals surface area contributed by atoms with Gasteiger partial charge in [0, 0.05) is 24.8 Å². The van der Waals surface area contributed by atoms with Crippen LogP contribution < -0.4 is 16.4 Å². The van der Waals surface area contributed by atoms with Crippen LogP contribution in [0.15, 0.2) is 5.38 Å². The number of nitrogens with one attached hydrogen (secondary N) is 2. The Labute approximate surface area is 151 Å². The van der Waals surface area contributed by atoms with Crippen LogP contribution >= 0.6 is 11.3 Å². The maximum atomic E-state index is 11.8. The molecule has 4 N–H and O–H groups in total. The number of thiazole rings is 1. The highest BCUT2D eigenvalue weighted by atomic mass is 32.1. The average molecular weight is 366 g/mol. The van der Waals surface area contributed by atoms with Gasteiger partial charge in [-0.05, 0) is 31.6 Å². The monoisotopic (exact) mass is 366 g/mol. The van der Waals surface area contributed by atoms with Gasteiger partial charge in [-0.2, -0.15) is 0 Å². The molecular weight excluding hydrogens is 340 g/mol. The average Bonchev–Trinajstić information content (AvgIpc) is 3.22. The van der Waals surface area contributed by atoms with Gasteiger partial charge < -0.3 is 16.4 Å².